The summed E-state index contributed by atoms with van der Waals surface area (Å²) in [7, 11) is 0. The van der Waals surface area contributed by atoms with Crippen molar-refractivity contribution in [2.75, 3.05) is 10.6 Å². The molecular formula is C23H18BrF3N2O4. The Morgan fingerprint density at radius 1 is 0.970 bits per heavy atom. The number of amides is 2. The molecule has 3 fully saturated rings. The van der Waals surface area contributed by atoms with Crippen LogP contribution in [0, 0.1) is 23.7 Å². The van der Waals surface area contributed by atoms with Crippen LogP contribution in [-0.2, 0) is 20.5 Å². The molecule has 2 aromatic carbocycles. The van der Waals surface area contributed by atoms with Crippen molar-refractivity contribution in [3.05, 3.63) is 59.7 Å². The largest absolute Gasteiger partial charge is 0.461 e. The Kier molecular flexibility index (Phi) is 5.23. The summed E-state index contributed by atoms with van der Waals surface area (Å²) in [5.74, 6) is -2.80. The van der Waals surface area contributed by atoms with Gasteiger partial charge >= 0.3 is 12.1 Å². The van der Waals surface area contributed by atoms with Crippen molar-refractivity contribution in [1.82, 2.24) is 0 Å². The van der Waals surface area contributed by atoms with E-state index >= 15 is 0 Å². The number of anilines is 2. The van der Waals surface area contributed by atoms with Gasteiger partial charge in [0, 0.05) is 5.92 Å². The van der Waals surface area contributed by atoms with E-state index in [1.165, 1.54) is 24.3 Å². The number of fused-ring (bicyclic) bond motifs is 1. The standard InChI is InChI=1S/C23H18BrF3N2O4/c24-18-11-9-12-17(22(32)33-19(12)18)16(11)21(31)28-14-7-3-1-5-10(14)20(30)29-15-8-4-2-6-13(15)23(25,26)27/h1-8,11-12,16-19H,9H2,(H,28,31)(H,29,30)/t11-,12-,16-,17+,18+,19+/m1/s1. The van der Waals surface area contributed by atoms with E-state index in [4.69, 9.17) is 4.74 Å². The number of carbonyl (C=O) groups excluding carboxylic acids is 3. The summed E-state index contributed by atoms with van der Waals surface area (Å²) in [6, 6.07) is 10.7. The molecule has 33 heavy (non-hydrogen) atoms. The lowest BCUT2D eigenvalue weighted by Gasteiger charge is -2.27. The van der Waals surface area contributed by atoms with E-state index < -0.39 is 35.4 Å². The van der Waals surface area contributed by atoms with Gasteiger partial charge in [0.1, 0.15) is 6.10 Å². The maximum absolute atomic E-state index is 13.3. The molecule has 0 unspecified atom stereocenters. The topological polar surface area (TPSA) is 84.5 Å². The van der Waals surface area contributed by atoms with Crippen LogP contribution >= 0.6 is 15.9 Å². The Morgan fingerprint density at radius 3 is 2.36 bits per heavy atom. The van der Waals surface area contributed by atoms with E-state index in [0.29, 0.717) is 6.42 Å². The van der Waals surface area contributed by atoms with Gasteiger partial charge in [0.15, 0.2) is 0 Å². The van der Waals surface area contributed by atoms with Crippen LogP contribution in [0.2, 0.25) is 0 Å². The number of nitrogens with one attached hydrogen (secondary N) is 2. The first-order valence-corrected chi connectivity index (χ1v) is 11.3. The second-order valence-electron chi connectivity index (χ2n) is 8.49. The van der Waals surface area contributed by atoms with Crippen LogP contribution in [0.3, 0.4) is 0 Å². The number of hydrogen-bond acceptors (Lipinski definition) is 4. The van der Waals surface area contributed by atoms with E-state index in [-0.39, 0.29) is 45.7 Å². The molecule has 6 nitrogen and oxygen atoms in total. The average molecular weight is 523 g/mol. The van der Waals surface area contributed by atoms with Gasteiger partial charge < -0.3 is 15.4 Å². The molecule has 0 spiro atoms. The minimum Gasteiger partial charge on any atom is -0.461 e. The van der Waals surface area contributed by atoms with Crippen LogP contribution < -0.4 is 10.6 Å². The fourth-order valence-corrected chi connectivity index (χ4v) is 6.41. The molecule has 0 aromatic heterocycles. The van der Waals surface area contributed by atoms with E-state index in [2.05, 4.69) is 26.6 Å². The Labute approximate surface area is 195 Å². The number of halogens is 4. The van der Waals surface area contributed by atoms with Crippen LogP contribution in [0.15, 0.2) is 48.5 Å². The van der Waals surface area contributed by atoms with E-state index in [0.717, 1.165) is 12.1 Å². The molecule has 1 aliphatic heterocycles. The first-order chi connectivity index (χ1) is 15.7. The predicted octanol–water partition coefficient (Wildman–Crippen LogP) is 4.47. The number of alkyl halides is 4. The van der Waals surface area contributed by atoms with Gasteiger partial charge in [-0.1, -0.05) is 40.2 Å². The number of para-hydroxylation sites is 2. The quantitative estimate of drug-likeness (QED) is 0.458. The number of rotatable bonds is 4. The summed E-state index contributed by atoms with van der Waals surface area (Å²) in [6.45, 7) is 0. The molecule has 2 amide bonds. The van der Waals surface area contributed by atoms with Gasteiger partial charge in [-0.05, 0) is 36.6 Å². The maximum Gasteiger partial charge on any atom is 0.418 e. The van der Waals surface area contributed by atoms with Gasteiger partial charge in [-0.15, -0.1) is 0 Å². The van der Waals surface area contributed by atoms with Gasteiger partial charge in [-0.3, -0.25) is 14.4 Å². The summed E-state index contributed by atoms with van der Waals surface area (Å²) >= 11 is 3.55. The first-order valence-electron chi connectivity index (χ1n) is 10.4. The molecular weight excluding hydrogens is 505 g/mol. The van der Waals surface area contributed by atoms with Crippen molar-refractivity contribution in [1.29, 1.82) is 0 Å². The Hall–Kier alpha value is -2.88. The smallest absolute Gasteiger partial charge is 0.418 e. The van der Waals surface area contributed by atoms with Crippen molar-refractivity contribution in [2.45, 2.75) is 23.5 Å². The van der Waals surface area contributed by atoms with Crippen molar-refractivity contribution >= 4 is 45.1 Å². The minimum atomic E-state index is -4.64. The zero-order chi connectivity index (χ0) is 23.5. The highest BCUT2D eigenvalue weighted by atomic mass is 79.9. The number of carbonyl (C=O) groups is 3. The Morgan fingerprint density at radius 2 is 1.64 bits per heavy atom. The molecule has 2 aromatic rings. The second-order valence-corrected chi connectivity index (χ2v) is 9.55. The third kappa shape index (κ3) is 3.60. The molecule has 172 valence electrons. The number of hydrogen-bond donors (Lipinski definition) is 2. The minimum absolute atomic E-state index is 0.00764. The number of benzene rings is 2. The van der Waals surface area contributed by atoms with E-state index in [1.807, 2.05) is 0 Å². The lowest BCUT2D eigenvalue weighted by molar-refractivity contribution is -0.145. The molecule has 2 bridgehead atoms. The molecule has 1 saturated heterocycles. The normalized spacial score (nSPS) is 29.6. The van der Waals surface area contributed by atoms with Crippen molar-refractivity contribution < 1.29 is 32.3 Å². The molecule has 1 heterocycles. The maximum atomic E-state index is 13.3. The number of esters is 1. The van der Waals surface area contributed by atoms with Crippen molar-refractivity contribution in [2.24, 2.45) is 23.7 Å². The molecule has 5 rings (SSSR count). The summed E-state index contributed by atoms with van der Waals surface area (Å²) in [5, 5.41) is 5.01. The van der Waals surface area contributed by atoms with Crippen LogP contribution in [0.5, 0.6) is 0 Å². The highest BCUT2D eigenvalue weighted by molar-refractivity contribution is 9.09. The zero-order valence-electron chi connectivity index (χ0n) is 16.9. The van der Waals surface area contributed by atoms with Gasteiger partial charge in [-0.25, -0.2) is 0 Å². The fraction of sp³-hybridized carbons (Fsp3) is 0.348. The van der Waals surface area contributed by atoms with Crippen molar-refractivity contribution in [3.63, 3.8) is 0 Å². The Balaban J connectivity index is 1.38. The van der Waals surface area contributed by atoms with Crippen molar-refractivity contribution in [3.8, 4) is 0 Å². The SMILES string of the molecule is O=C(Nc1ccccc1C(F)(F)F)c1ccccc1NC(=O)[C@@H]1[C@H]2C[C@H]3[C@H](OC(=O)[C@@H]31)[C@H]2Br. The molecule has 6 atom stereocenters. The van der Waals surface area contributed by atoms with Gasteiger partial charge in [-0.2, -0.15) is 13.2 Å². The van der Waals surface area contributed by atoms with Gasteiger partial charge in [0.25, 0.3) is 5.91 Å². The average Bonchev–Trinajstić information content (AvgIpc) is 3.38. The van der Waals surface area contributed by atoms with Crippen LogP contribution in [-0.4, -0.2) is 28.7 Å². The Bertz CT molecular complexity index is 1150. The lowest BCUT2D eigenvalue weighted by atomic mass is 9.79. The summed E-state index contributed by atoms with van der Waals surface area (Å²) in [4.78, 5) is 38.3. The summed E-state index contributed by atoms with van der Waals surface area (Å²) < 4.78 is 45.3. The first kappa shape index (κ1) is 21.9. The summed E-state index contributed by atoms with van der Waals surface area (Å²) in [5.41, 5.74) is -1.19. The third-order valence-electron chi connectivity index (χ3n) is 6.74. The van der Waals surface area contributed by atoms with Gasteiger partial charge in [0.05, 0.1) is 39.2 Å². The van der Waals surface area contributed by atoms with E-state index in [1.54, 1.807) is 12.1 Å². The highest BCUT2D eigenvalue weighted by Crippen LogP contribution is 2.60. The van der Waals surface area contributed by atoms with Gasteiger partial charge in [0.2, 0.25) is 5.91 Å². The fourth-order valence-electron chi connectivity index (χ4n) is 5.37. The molecule has 2 aliphatic carbocycles. The second kappa shape index (κ2) is 7.86. The molecule has 10 heteroatoms. The lowest BCUT2D eigenvalue weighted by Crippen LogP contribution is -2.40. The highest BCUT2D eigenvalue weighted by Gasteiger charge is 2.67. The molecule has 3 aliphatic rings. The van der Waals surface area contributed by atoms with E-state index in [9.17, 15) is 27.6 Å². The predicted molar refractivity (Wildman–Crippen MR) is 116 cm³/mol. The number of ether oxygens (including phenoxy) is 1. The van der Waals surface area contributed by atoms with Crippen LogP contribution in [0.25, 0.3) is 0 Å². The summed E-state index contributed by atoms with van der Waals surface area (Å²) in [6.07, 6.45) is -4.16. The third-order valence-corrected chi connectivity index (χ3v) is 7.94. The molecule has 0 radical (unpaired) electrons. The zero-order valence-corrected chi connectivity index (χ0v) is 18.5. The van der Waals surface area contributed by atoms with Crippen LogP contribution in [0.4, 0.5) is 24.5 Å². The molecule has 2 N–H and O–H groups in total. The monoisotopic (exact) mass is 522 g/mol. The van der Waals surface area contributed by atoms with Crippen LogP contribution in [0.1, 0.15) is 22.3 Å². The molecule has 2 saturated carbocycles.